The maximum atomic E-state index is 13.6. The molecule has 6 nitrogen and oxygen atoms in total. The van der Waals surface area contributed by atoms with Crippen molar-refractivity contribution in [3.05, 3.63) is 23.5 Å². The van der Waals surface area contributed by atoms with E-state index in [1.165, 1.54) is 13.0 Å². The summed E-state index contributed by atoms with van der Waals surface area (Å²) in [4.78, 5) is 23.6. The minimum absolute atomic E-state index is 0.0823. The Kier molecular flexibility index (Phi) is 5.73. The first-order valence-electron chi connectivity index (χ1n) is 7.02. The van der Waals surface area contributed by atoms with Crippen molar-refractivity contribution in [2.24, 2.45) is 0 Å². The summed E-state index contributed by atoms with van der Waals surface area (Å²) in [6.07, 6.45) is 0.872. The van der Waals surface area contributed by atoms with Gasteiger partial charge in [0.05, 0.1) is 17.9 Å². The Hall–Kier alpha value is -2.31. The number of benzene rings is 1. The molecule has 0 saturated heterocycles. The molecular formula is C15H21FN2O4. The Labute approximate surface area is 128 Å². The van der Waals surface area contributed by atoms with Gasteiger partial charge in [-0.15, -0.1) is 0 Å². The smallest absolute Gasteiger partial charge is 0.329 e. The number of carbonyl (C=O) groups is 2. The van der Waals surface area contributed by atoms with Crippen LogP contribution in [0.1, 0.15) is 44.0 Å². The average Bonchev–Trinajstić information content (AvgIpc) is 2.47. The van der Waals surface area contributed by atoms with Crippen molar-refractivity contribution in [2.45, 2.75) is 39.2 Å². The van der Waals surface area contributed by atoms with Crippen LogP contribution in [-0.2, 0) is 4.79 Å². The lowest BCUT2D eigenvalue weighted by Crippen LogP contribution is -2.51. The maximum absolute atomic E-state index is 13.6. The van der Waals surface area contributed by atoms with Crippen molar-refractivity contribution in [3.8, 4) is 5.75 Å². The number of anilines is 1. The third kappa shape index (κ3) is 3.87. The van der Waals surface area contributed by atoms with Crippen LogP contribution in [-0.4, -0.2) is 29.1 Å². The van der Waals surface area contributed by atoms with E-state index < -0.39 is 23.2 Å². The Morgan fingerprint density at radius 2 is 2.05 bits per heavy atom. The summed E-state index contributed by atoms with van der Waals surface area (Å²) in [6.45, 7) is 5.22. The van der Waals surface area contributed by atoms with E-state index in [2.05, 4.69) is 5.32 Å². The minimum Gasteiger partial charge on any atom is -0.493 e. The highest BCUT2D eigenvalue weighted by molar-refractivity contribution is 6.00. The van der Waals surface area contributed by atoms with Crippen molar-refractivity contribution in [3.63, 3.8) is 0 Å². The monoisotopic (exact) mass is 312 g/mol. The summed E-state index contributed by atoms with van der Waals surface area (Å²) in [5.41, 5.74) is 3.81. The molecule has 1 amide bonds. The van der Waals surface area contributed by atoms with E-state index in [-0.39, 0.29) is 23.4 Å². The molecule has 0 bridgehead atoms. The third-order valence-electron chi connectivity index (χ3n) is 3.37. The molecule has 1 rings (SSSR count). The van der Waals surface area contributed by atoms with Crippen molar-refractivity contribution >= 4 is 17.6 Å². The molecule has 0 aliphatic rings. The number of nitrogens with two attached hydrogens (primary N) is 1. The van der Waals surface area contributed by atoms with Gasteiger partial charge < -0.3 is 20.9 Å². The highest BCUT2D eigenvalue weighted by Crippen LogP contribution is 2.26. The molecule has 1 aromatic rings. The molecule has 1 unspecified atom stereocenters. The summed E-state index contributed by atoms with van der Waals surface area (Å²) < 4.78 is 19.0. The number of amides is 1. The molecule has 0 aliphatic heterocycles. The van der Waals surface area contributed by atoms with Gasteiger partial charge in [0, 0.05) is 6.07 Å². The second-order valence-electron chi connectivity index (χ2n) is 5.16. The molecule has 0 saturated carbocycles. The first-order valence-corrected chi connectivity index (χ1v) is 7.02. The molecule has 0 heterocycles. The van der Waals surface area contributed by atoms with Gasteiger partial charge in [-0.3, -0.25) is 4.79 Å². The van der Waals surface area contributed by atoms with Gasteiger partial charge in [0.15, 0.2) is 0 Å². The zero-order valence-corrected chi connectivity index (χ0v) is 12.9. The number of nitrogens with one attached hydrogen (secondary N) is 1. The third-order valence-corrected chi connectivity index (χ3v) is 3.37. The summed E-state index contributed by atoms with van der Waals surface area (Å²) in [6, 6.07) is 2.18. The highest BCUT2D eigenvalue weighted by atomic mass is 19.1. The van der Waals surface area contributed by atoms with E-state index in [1.54, 1.807) is 6.92 Å². The van der Waals surface area contributed by atoms with Crippen LogP contribution in [0, 0.1) is 5.82 Å². The zero-order chi connectivity index (χ0) is 16.9. The SMILES string of the molecule is CCCOc1cc(N)c(F)cc1C(=O)NC(C)(CC)C(=O)O. The largest absolute Gasteiger partial charge is 0.493 e. The lowest BCUT2D eigenvalue weighted by atomic mass is 9.98. The quantitative estimate of drug-likeness (QED) is 0.670. The molecule has 7 heteroatoms. The molecule has 1 atom stereocenters. The fourth-order valence-corrected chi connectivity index (χ4v) is 1.69. The molecule has 0 radical (unpaired) electrons. The molecule has 0 spiro atoms. The molecule has 1 aromatic carbocycles. The Morgan fingerprint density at radius 3 is 2.55 bits per heavy atom. The average molecular weight is 312 g/mol. The summed E-state index contributed by atoms with van der Waals surface area (Å²) in [5.74, 6) is -2.53. The Morgan fingerprint density at radius 1 is 1.41 bits per heavy atom. The number of carboxylic acids is 1. The fraction of sp³-hybridized carbons (Fsp3) is 0.467. The molecule has 0 fully saturated rings. The van der Waals surface area contributed by atoms with Crippen molar-refractivity contribution < 1.29 is 23.8 Å². The summed E-state index contributed by atoms with van der Waals surface area (Å²) >= 11 is 0. The molecule has 0 aliphatic carbocycles. The van der Waals surface area contributed by atoms with E-state index in [9.17, 15) is 19.1 Å². The Bertz CT molecular complexity index is 577. The lowest BCUT2D eigenvalue weighted by molar-refractivity contribution is -0.143. The van der Waals surface area contributed by atoms with Crippen molar-refractivity contribution in [1.29, 1.82) is 0 Å². The van der Waals surface area contributed by atoms with Gasteiger partial charge in [0.2, 0.25) is 0 Å². The van der Waals surface area contributed by atoms with E-state index in [4.69, 9.17) is 10.5 Å². The molecule has 122 valence electrons. The van der Waals surface area contributed by atoms with Gasteiger partial charge in [0.25, 0.3) is 5.91 Å². The zero-order valence-electron chi connectivity index (χ0n) is 12.9. The van der Waals surface area contributed by atoms with Gasteiger partial charge in [-0.1, -0.05) is 13.8 Å². The van der Waals surface area contributed by atoms with Gasteiger partial charge >= 0.3 is 5.97 Å². The summed E-state index contributed by atoms with van der Waals surface area (Å²) in [5, 5.41) is 11.6. The van der Waals surface area contributed by atoms with Crippen molar-refractivity contribution in [2.75, 3.05) is 12.3 Å². The molecule has 0 aromatic heterocycles. The van der Waals surface area contributed by atoms with E-state index >= 15 is 0 Å². The van der Waals surface area contributed by atoms with E-state index in [0.717, 1.165) is 6.07 Å². The fourth-order valence-electron chi connectivity index (χ4n) is 1.69. The van der Waals surface area contributed by atoms with Gasteiger partial charge in [0.1, 0.15) is 17.1 Å². The molecule has 4 N–H and O–H groups in total. The van der Waals surface area contributed by atoms with Crippen LogP contribution in [0.3, 0.4) is 0 Å². The van der Waals surface area contributed by atoms with E-state index in [1.807, 2.05) is 6.92 Å². The predicted molar refractivity (Wildman–Crippen MR) is 80.4 cm³/mol. The second kappa shape index (κ2) is 7.11. The van der Waals surface area contributed by atoms with Crippen LogP contribution in [0.2, 0.25) is 0 Å². The number of nitrogen functional groups attached to an aromatic ring is 1. The van der Waals surface area contributed by atoms with Crippen LogP contribution >= 0.6 is 0 Å². The van der Waals surface area contributed by atoms with Gasteiger partial charge in [-0.2, -0.15) is 0 Å². The van der Waals surface area contributed by atoms with Crippen LogP contribution in [0.25, 0.3) is 0 Å². The van der Waals surface area contributed by atoms with Crippen LogP contribution in [0.15, 0.2) is 12.1 Å². The number of carbonyl (C=O) groups excluding carboxylic acids is 1. The van der Waals surface area contributed by atoms with Crippen LogP contribution in [0.4, 0.5) is 10.1 Å². The highest BCUT2D eigenvalue weighted by Gasteiger charge is 2.34. The lowest BCUT2D eigenvalue weighted by Gasteiger charge is -2.25. The topological polar surface area (TPSA) is 102 Å². The number of aliphatic carboxylic acids is 1. The molecule has 22 heavy (non-hydrogen) atoms. The summed E-state index contributed by atoms with van der Waals surface area (Å²) in [7, 11) is 0. The first-order chi connectivity index (χ1) is 10.2. The minimum atomic E-state index is -1.45. The van der Waals surface area contributed by atoms with Crippen LogP contribution in [0.5, 0.6) is 5.75 Å². The number of ether oxygens (including phenoxy) is 1. The molecular weight excluding hydrogens is 291 g/mol. The van der Waals surface area contributed by atoms with Crippen LogP contribution < -0.4 is 15.8 Å². The van der Waals surface area contributed by atoms with Gasteiger partial charge in [-0.25, -0.2) is 9.18 Å². The van der Waals surface area contributed by atoms with Crippen molar-refractivity contribution in [1.82, 2.24) is 5.32 Å². The number of halogens is 1. The first kappa shape index (κ1) is 17.7. The maximum Gasteiger partial charge on any atom is 0.329 e. The standard InChI is InChI=1S/C15H21FN2O4/c1-4-6-22-12-8-11(17)10(16)7-9(12)13(19)18-15(3,5-2)14(20)21/h7-8H,4-6,17H2,1-3H3,(H,18,19)(H,20,21). The predicted octanol–water partition coefficient (Wildman–Crippen LogP) is 2.18. The number of hydrogen-bond acceptors (Lipinski definition) is 4. The normalized spacial score (nSPS) is 13.3. The van der Waals surface area contributed by atoms with E-state index in [0.29, 0.717) is 13.0 Å². The van der Waals surface area contributed by atoms with Gasteiger partial charge in [-0.05, 0) is 25.8 Å². The number of hydrogen-bond donors (Lipinski definition) is 3. The Balaban J connectivity index is 3.15. The number of carboxylic acid groups (broad SMARTS) is 1. The number of rotatable bonds is 7. The second-order valence-corrected chi connectivity index (χ2v) is 5.16.